The minimum absolute atomic E-state index is 0. The summed E-state index contributed by atoms with van der Waals surface area (Å²) in [5.41, 5.74) is 4.70. The van der Waals surface area contributed by atoms with Gasteiger partial charge in [0.25, 0.3) is 5.91 Å². The van der Waals surface area contributed by atoms with Crippen LogP contribution in [0.25, 0.3) is 22.6 Å². The van der Waals surface area contributed by atoms with Crippen molar-refractivity contribution in [2.24, 2.45) is 0 Å². The van der Waals surface area contributed by atoms with Crippen LogP contribution in [0, 0.1) is 0 Å². The lowest BCUT2D eigenvalue weighted by Crippen LogP contribution is -2.31. The SMILES string of the molecule is CNCCNC(=O)c1c2c(nc3ccccc13)/C(=C\c1ccco1)CCC2.Cl.Cl. The number of carbonyl (C=O) groups excluding carboxylic acids is 1. The lowest BCUT2D eigenvalue weighted by molar-refractivity contribution is 0.0954. The van der Waals surface area contributed by atoms with Crippen LogP contribution in [0.15, 0.2) is 47.1 Å². The topological polar surface area (TPSA) is 67.2 Å². The number of para-hydroxylation sites is 1. The van der Waals surface area contributed by atoms with Crippen molar-refractivity contribution in [3.05, 3.63) is 65.2 Å². The fraction of sp³-hybridized carbons (Fsp3) is 0.273. The van der Waals surface area contributed by atoms with Crippen molar-refractivity contribution in [3.8, 4) is 0 Å². The number of likely N-dealkylation sites (N-methyl/N-ethyl adjacent to an activating group) is 1. The smallest absolute Gasteiger partial charge is 0.252 e. The summed E-state index contributed by atoms with van der Waals surface area (Å²) in [6.07, 6.45) is 6.50. The molecule has 3 aromatic rings. The van der Waals surface area contributed by atoms with Gasteiger partial charge in [-0.1, -0.05) is 18.2 Å². The van der Waals surface area contributed by atoms with E-state index in [-0.39, 0.29) is 30.7 Å². The highest BCUT2D eigenvalue weighted by molar-refractivity contribution is 6.09. The van der Waals surface area contributed by atoms with Crippen molar-refractivity contribution in [2.45, 2.75) is 19.3 Å². The number of rotatable bonds is 5. The number of carbonyl (C=O) groups is 1. The highest BCUT2D eigenvalue weighted by Gasteiger charge is 2.25. The largest absolute Gasteiger partial charge is 0.465 e. The molecule has 1 aliphatic carbocycles. The van der Waals surface area contributed by atoms with E-state index in [0.717, 1.165) is 64.9 Å². The first-order valence-corrected chi connectivity index (χ1v) is 9.37. The average Bonchev–Trinajstić information content (AvgIpc) is 3.20. The third-order valence-corrected chi connectivity index (χ3v) is 4.92. The van der Waals surface area contributed by atoms with Crippen molar-refractivity contribution < 1.29 is 9.21 Å². The van der Waals surface area contributed by atoms with Crippen LogP contribution in [0.3, 0.4) is 0 Å². The molecule has 2 aromatic heterocycles. The summed E-state index contributed by atoms with van der Waals surface area (Å²) in [6, 6.07) is 11.7. The molecule has 2 N–H and O–H groups in total. The van der Waals surface area contributed by atoms with Gasteiger partial charge in [0.2, 0.25) is 0 Å². The van der Waals surface area contributed by atoms with Crippen molar-refractivity contribution in [1.82, 2.24) is 15.6 Å². The predicted molar refractivity (Wildman–Crippen MR) is 122 cm³/mol. The number of pyridine rings is 1. The molecule has 0 fully saturated rings. The molecule has 2 heterocycles. The summed E-state index contributed by atoms with van der Waals surface area (Å²) in [4.78, 5) is 17.9. The second-order valence-electron chi connectivity index (χ2n) is 6.73. The summed E-state index contributed by atoms with van der Waals surface area (Å²) in [5.74, 6) is 0.784. The second-order valence-corrected chi connectivity index (χ2v) is 6.73. The lowest BCUT2D eigenvalue weighted by atomic mass is 9.86. The molecule has 29 heavy (non-hydrogen) atoms. The minimum Gasteiger partial charge on any atom is -0.465 e. The lowest BCUT2D eigenvalue weighted by Gasteiger charge is -2.22. The van der Waals surface area contributed by atoms with Gasteiger partial charge in [0.05, 0.1) is 23.0 Å². The van der Waals surface area contributed by atoms with Gasteiger partial charge in [0.15, 0.2) is 0 Å². The molecule has 0 unspecified atom stereocenters. The molecule has 1 aromatic carbocycles. The maximum absolute atomic E-state index is 13.0. The van der Waals surface area contributed by atoms with E-state index in [1.165, 1.54) is 0 Å². The van der Waals surface area contributed by atoms with E-state index in [2.05, 4.69) is 10.6 Å². The Morgan fingerprint density at radius 3 is 2.72 bits per heavy atom. The summed E-state index contributed by atoms with van der Waals surface area (Å²) in [6.45, 7) is 1.33. The third-order valence-electron chi connectivity index (χ3n) is 4.92. The fourth-order valence-electron chi connectivity index (χ4n) is 3.67. The molecule has 5 nitrogen and oxygen atoms in total. The first-order valence-electron chi connectivity index (χ1n) is 9.37. The molecule has 0 atom stereocenters. The zero-order valence-electron chi connectivity index (χ0n) is 16.2. The van der Waals surface area contributed by atoms with Crippen LogP contribution >= 0.6 is 24.8 Å². The number of benzene rings is 1. The molecule has 4 rings (SSSR count). The Kier molecular flexibility index (Phi) is 8.26. The van der Waals surface area contributed by atoms with Crippen LogP contribution < -0.4 is 10.6 Å². The minimum atomic E-state index is -0.0284. The van der Waals surface area contributed by atoms with Gasteiger partial charge >= 0.3 is 0 Å². The van der Waals surface area contributed by atoms with Crippen molar-refractivity contribution in [1.29, 1.82) is 0 Å². The molecule has 7 heteroatoms. The van der Waals surface area contributed by atoms with E-state index in [0.29, 0.717) is 6.54 Å². The number of aromatic nitrogens is 1. The molecule has 1 aliphatic rings. The Labute approximate surface area is 182 Å². The maximum Gasteiger partial charge on any atom is 0.252 e. The molecular formula is C22H25Cl2N3O2. The van der Waals surface area contributed by atoms with E-state index in [9.17, 15) is 4.79 Å². The van der Waals surface area contributed by atoms with E-state index >= 15 is 0 Å². The van der Waals surface area contributed by atoms with Crippen LogP contribution in [-0.4, -0.2) is 31.0 Å². The number of furan rings is 1. The number of nitrogens with one attached hydrogen (secondary N) is 2. The highest BCUT2D eigenvalue weighted by atomic mass is 35.5. The van der Waals surface area contributed by atoms with Crippen LogP contribution in [0.2, 0.25) is 0 Å². The first-order chi connectivity index (χ1) is 13.3. The van der Waals surface area contributed by atoms with Crippen molar-refractivity contribution in [2.75, 3.05) is 20.1 Å². The molecule has 0 saturated carbocycles. The number of amides is 1. The third kappa shape index (κ3) is 4.81. The van der Waals surface area contributed by atoms with Crippen LogP contribution in [-0.2, 0) is 6.42 Å². The first kappa shape index (κ1) is 22.9. The summed E-state index contributed by atoms with van der Waals surface area (Å²) < 4.78 is 5.49. The Hall–Kier alpha value is -2.34. The van der Waals surface area contributed by atoms with Gasteiger partial charge < -0.3 is 15.1 Å². The molecule has 1 amide bonds. The maximum atomic E-state index is 13.0. The van der Waals surface area contributed by atoms with Gasteiger partial charge in [-0.2, -0.15) is 0 Å². The van der Waals surface area contributed by atoms with E-state index in [1.807, 2.05) is 49.5 Å². The normalized spacial score (nSPS) is 14.0. The van der Waals surface area contributed by atoms with Gasteiger partial charge in [-0.05, 0) is 61.7 Å². The Morgan fingerprint density at radius 1 is 1.14 bits per heavy atom. The van der Waals surface area contributed by atoms with E-state index in [1.54, 1.807) is 6.26 Å². The second kappa shape index (κ2) is 10.4. The van der Waals surface area contributed by atoms with Crippen LogP contribution in [0.1, 0.15) is 40.2 Å². The molecule has 0 aliphatic heterocycles. The Morgan fingerprint density at radius 2 is 1.97 bits per heavy atom. The van der Waals surface area contributed by atoms with Crippen LogP contribution in [0.4, 0.5) is 0 Å². The van der Waals surface area contributed by atoms with Gasteiger partial charge in [0, 0.05) is 18.5 Å². The van der Waals surface area contributed by atoms with Gasteiger partial charge in [-0.15, -0.1) is 24.8 Å². The highest BCUT2D eigenvalue weighted by Crippen LogP contribution is 2.36. The quantitative estimate of drug-likeness (QED) is 0.581. The van der Waals surface area contributed by atoms with Gasteiger partial charge in [0.1, 0.15) is 5.76 Å². The molecule has 154 valence electrons. The number of hydrogen-bond donors (Lipinski definition) is 2. The number of nitrogens with zero attached hydrogens (tertiary/aromatic N) is 1. The van der Waals surface area contributed by atoms with E-state index in [4.69, 9.17) is 9.40 Å². The molecule has 0 saturated heterocycles. The number of fused-ring (bicyclic) bond motifs is 2. The zero-order chi connectivity index (χ0) is 18.6. The molecule has 0 bridgehead atoms. The molecule has 0 radical (unpaired) electrons. The number of halogens is 2. The summed E-state index contributed by atoms with van der Waals surface area (Å²) in [7, 11) is 1.88. The monoisotopic (exact) mass is 433 g/mol. The Balaban J connectivity index is 0.00000150. The predicted octanol–water partition coefficient (Wildman–Crippen LogP) is 4.50. The number of allylic oxidation sites excluding steroid dienone is 1. The Bertz CT molecular complexity index is 1000. The van der Waals surface area contributed by atoms with Crippen LogP contribution in [0.5, 0.6) is 0 Å². The van der Waals surface area contributed by atoms with Crippen molar-refractivity contribution >= 4 is 53.3 Å². The zero-order valence-corrected chi connectivity index (χ0v) is 17.9. The van der Waals surface area contributed by atoms with Gasteiger partial charge in [-0.3, -0.25) is 4.79 Å². The molecular weight excluding hydrogens is 409 g/mol. The summed E-state index contributed by atoms with van der Waals surface area (Å²) in [5, 5.41) is 7.01. The number of hydrogen-bond acceptors (Lipinski definition) is 4. The summed E-state index contributed by atoms with van der Waals surface area (Å²) >= 11 is 0. The fourth-order valence-corrected chi connectivity index (χ4v) is 3.67. The standard InChI is InChI=1S/C22H23N3O2.2ClH/c1-23-11-12-24-22(26)20-17-8-2-3-10-19(17)25-21-15(6-4-9-18(20)21)14-16-7-5-13-27-16;;/h2-3,5,7-8,10,13-14,23H,4,6,9,11-12H2,1H3,(H,24,26);2*1H/b15-14-;;. The molecule has 0 spiro atoms. The average molecular weight is 434 g/mol. The van der Waals surface area contributed by atoms with Gasteiger partial charge in [-0.25, -0.2) is 4.98 Å². The van der Waals surface area contributed by atoms with E-state index < -0.39 is 0 Å². The van der Waals surface area contributed by atoms with Crippen molar-refractivity contribution in [3.63, 3.8) is 0 Å².